The predicted molar refractivity (Wildman–Crippen MR) is 248 cm³/mol. The molecule has 0 aliphatic heterocycles. The van der Waals surface area contributed by atoms with E-state index >= 15 is 0 Å². The lowest BCUT2D eigenvalue weighted by molar-refractivity contribution is 0.563. The van der Waals surface area contributed by atoms with E-state index in [1.807, 2.05) is 13.8 Å². The second kappa shape index (κ2) is 18.5. The van der Waals surface area contributed by atoms with Crippen LogP contribution in [0.15, 0.2) is 133 Å². The lowest BCUT2D eigenvalue weighted by atomic mass is 9.75. The van der Waals surface area contributed by atoms with Gasteiger partial charge in [-0.3, -0.25) is 0 Å². The van der Waals surface area contributed by atoms with Crippen molar-refractivity contribution >= 4 is 0 Å². The summed E-state index contributed by atoms with van der Waals surface area (Å²) in [6.45, 7) is 33.0. The minimum atomic E-state index is 0.0423. The first-order valence-electron chi connectivity index (χ1n) is 20.9. The molecular formula is C56H70. The fourth-order valence-electron chi connectivity index (χ4n) is 7.51. The Labute approximate surface area is 342 Å². The minimum Gasteiger partial charge on any atom is -0.0683 e. The van der Waals surface area contributed by atoms with E-state index in [1.54, 1.807) is 0 Å². The highest BCUT2D eigenvalue weighted by Crippen LogP contribution is 2.52. The SMILES string of the molecule is CC.CCC1(C)c2cc(C)ccc2-c2ccc(C(c3ccc(C)cc3)c3ccc(C(C)(C)C)cc3)cc21.Cc1ccc(C(C)(C)C)cc1.Cc1ccc(C)cc1. The number of fused-ring (bicyclic) bond motifs is 3. The van der Waals surface area contributed by atoms with E-state index < -0.39 is 0 Å². The van der Waals surface area contributed by atoms with Gasteiger partial charge in [-0.25, -0.2) is 0 Å². The van der Waals surface area contributed by atoms with Crippen molar-refractivity contribution < 1.29 is 0 Å². The van der Waals surface area contributed by atoms with Crippen LogP contribution in [0.25, 0.3) is 11.1 Å². The molecule has 0 N–H and O–H groups in total. The summed E-state index contributed by atoms with van der Waals surface area (Å²) in [7, 11) is 0. The zero-order valence-corrected chi connectivity index (χ0v) is 37.5. The highest BCUT2D eigenvalue weighted by molar-refractivity contribution is 5.81. The summed E-state index contributed by atoms with van der Waals surface area (Å²) in [5.41, 5.74) is 19.7. The van der Waals surface area contributed by atoms with Gasteiger partial charge in [0.05, 0.1) is 0 Å². The molecule has 6 aromatic carbocycles. The molecule has 0 saturated heterocycles. The third-order valence-electron chi connectivity index (χ3n) is 11.4. The van der Waals surface area contributed by atoms with E-state index in [1.165, 1.54) is 77.9 Å². The van der Waals surface area contributed by atoms with Crippen molar-refractivity contribution in [2.75, 3.05) is 0 Å². The van der Waals surface area contributed by atoms with Crippen LogP contribution in [-0.2, 0) is 16.2 Å². The van der Waals surface area contributed by atoms with E-state index in [2.05, 4.69) is 223 Å². The van der Waals surface area contributed by atoms with Gasteiger partial charge in [0.25, 0.3) is 0 Å². The van der Waals surface area contributed by atoms with Crippen LogP contribution in [0.5, 0.6) is 0 Å². The first-order valence-corrected chi connectivity index (χ1v) is 20.9. The van der Waals surface area contributed by atoms with E-state index in [-0.39, 0.29) is 22.2 Å². The van der Waals surface area contributed by atoms with Crippen molar-refractivity contribution in [2.45, 2.75) is 132 Å². The number of rotatable bonds is 4. The molecular weight excluding hydrogens is 673 g/mol. The Morgan fingerprint density at radius 1 is 0.411 bits per heavy atom. The molecule has 2 unspecified atom stereocenters. The quantitative estimate of drug-likeness (QED) is 0.158. The van der Waals surface area contributed by atoms with Crippen molar-refractivity contribution in [1.29, 1.82) is 0 Å². The number of benzene rings is 6. The highest BCUT2D eigenvalue weighted by atomic mass is 14.4. The second-order valence-electron chi connectivity index (χ2n) is 18.0. The smallest absolute Gasteiger partial charge is 0.0340 e. The predicted octanol–water partition coefficient (Wildman–Crippen LogP) is 16.1. The standard InChI is InChI=1S/C35H38.C11H16.C8H10.C2H6/c1-8-35(7)31-21-24(3)11-19-29(31)30-20-16-27(22-32(30)35)33(25-12-9-23(2)10-13-25)26-14-17-28(18-15-26)34(4,5)6;1-9-5-7-10(8-6-9)11(2,3)4;1-7-3-5-8(2)6-4-7;1-2/h9-22,33H,8H2,1-7H3;5-8H,1-4H3;3-6H,1-2H3;1-2H3. The third-order valence-corrected chi connectivity index (χ3v) is 11.4. The zero-order chi connectivity index (χ0) is 41.4. The molecule has 0 heteroatoms. The van der Waals surface area contributed by atoms with Crippen LogP contribution in [0, 0.1) is 34.6 Å². The van der Waals surface area contributed by atoms with Crippen LogP contribution in [0.4, 0.5) is 0 Å². The Bertz CT molecular complexity index is 2110. The summed E-state index contributed by atoms with van der Waals surface area (Å²) in [5.74, 6) is 0.210. The van der Waals surface area contributed by atoms with Gasteiger partial charge in [-0.2, -0.15) is 0 Å². The molecule has 0 fully saturated rings. The molecule has 6 aromatic rings. The van der Waals surface area contributed by atoms with Crippen LogP contribution in [0.1, 0.15) is 148 Å². The Kier molecular flexibility index (Phi) is 14.6. The number of aryl methyl sites for hydroxylation is 5. The molecule has 2 atom stereocenters. The summed E-state index contributed by atoms with van der Waals surface area (Å²) in [4.78, 5) is 0. The Hall–Kier alpha value is -4.68. The van der Waals surface area contributed by atoms with E-state index in [4.69, 9.17) is 0 Å². The maximum atomic E-state index is 2.51. The molecule has 7 rings (SSSR count). The van der Waals surface area contributed by atoms with Gasteiger partial charge < -0.3 is 0 Å². The number of hydrogen-bond acceptors (Lipinski definition) is 0. The first-order chi connectivity index (χ1) is 26.4. The van der Waals surface area contributed by atoms with Crippen molar-refractivity contribution in [1.82, 2.24) is 0 Å². The fourth-order valence-corrected chi connectivity index (χ4v) is 7.51. The maximum Gasteiger partial charge on any atom is 0.0340 e. The fraction of sp³-hybridized carbons (Fsp3) is 0.357. The van der Waals surface area contributed by atoms with Gasteiger partial charge in [0, 0.05) is 11.3 Å². The molecule has 0 saturated carbocycles. The molecule has 0 aromatic heterocycles. The highest BCUT2D eigenvalue weighted by Gasteiger charge is 2.38. The van der Waals surface area contributed by atoms with Gasteiger partial charge in [-0.1, -0.05) is 231 Å². The summed E-state index contributed by atoms with van der Waals surface area (Å²) < 4.78 is 0. The third kappa shape index (κ3) is 10.6. The lowest BCUT2D eigenvalue weighted by Gasteiger charge is -2.28. The minimum absolute atomic E-state index is 0.0423. The topological polar surface area (TPSA) is 0 Å². The average molecular weight is 743 g/mol. The van der Waals surface area contributed by atoms with Crippen LogP contribution in [0.3, 0.4) is 0 Å². The summed E-state index contributed by atoms with van der Waals surface area (Å²) >= 11 is 0. The monoisotopic (exact) mass is 743 g/mol. The molecule has 0 nitrogen and oxygen atoms in total. The van der Waals surface area contributed by atoms with Gasteiger partial charge >= 0.3 is 0 Å². The summed E-state index contributed by atoms with van der Waals surface area (Å²) in [5, 5.41) is 0. The van der Waals surface area contributed by atoms with Gasteiger partial charge in [-0.05, 0) is 102 Å². The summed E-state index contributed by atoms with van der Waals surface area (Å²) in [6.07, 6.45) is 1.09. The largest absolute Gasteiger partial charge is 0.0683 e. The first kappa shape index (κ1) is 44.0. The second-order valence-corrected chi connectivity index (χ2v) is 18.0. The number of hydrogen-bond donors (Lipinski definition) is 0. The van der Waals surface area contributed by atoms with Gasteiger partial charge in [0.1, 0.15) is 0 Å². The molecule has 0 spiro atoms. The maximum absolute atomic E-state index is 2.51. The Morgan fingerprint density at radius 2 is 0.714 bits per heavy atom. The Morgan fingerprint density at radius 3 is 1.12 bits per heavy atom. The Balaban J connectivity index is 0.000000270. The van der Waals surface area contributed by atoms with Crippen LogP contribution in [0.2, 0.25) is 0 Å². The van der Waals surface area contributed by atoms with Gasteiger partial charge in [-0.15, -0.1) is 0 Å². The molecule has 56 heavy (non-hydrogen) atoms. The van der Waals surface area contributed by atoms with Crippen LogP contribution >= 0.6 is 0 Å². The molecule has 1 aliphatic rings. The molecule has 0 bridgehead atoms. The molecule has 0 amide bonds. The van der Waals surface area contributed by atoms with Crippen LogP contribution in [-0.4, -0.2) is 0 Å². The van der Waals surface area contributed by atoms with Crippen molar-refractivity contribution in [2.24, 2.45) is 0 Å². The molecule has 1 aliphatic carbocycles. The average Bonchev–Trinajstić information content (AvgIpc) is 3.41. The van der Waals surface area contributed by atoms with Gasteiger partial charge in [0.15, 0.2) is 0 Å². The van der Waals surface area contributed by atoms with Crippen molar-refractivity contribution in [3.05, 3.63) is 200 Å². The lowest BCUT2D eigenvalue weighted by Crippen LogP contribution is -2.20. The molecule has 0 radical (unpaired) electrons. The summed E-state index contributed by atoms with van der Waals surface area (Å²) in [6, 6.07) is 49.9. The van der Waals surface area contributed by atoms with E-state index in [0.717, 1.165) is 6.42 Å². The van der Waals surface area contributed by atoms with Crippen LogP contribution < -0.4 is 0 Å². The van der Waals surface area contributed by atoms with E-state index in [9.17, 15) is 0 Å². The van der Waals surface area contributed by atoms with Crippen molar-refractivity contribution in [3.63, 3.8) is 0 Å². The zero-order valence-electron chi connectivity index (χ0n) is 37.5. The molecule has 0 heterocycles. The van der Waals surface area contributed by atoms with Crippen molar-refractivity contribution in [3.8, 4) is 11.1 Å². The molecule has 294 valence electrons. The van der Waals surface area contributed by atoms with Gasteiger partial charge in [0.2, 0.25) is 0 Å². The van der Waals surface area contributed by atoms with E-state index in [0.29, 0.717) is 0 Å². The normalized spacial score (nSPS) is 14.8.